The molecular weight excluding hydrogens is 310 g/mol. The molecule has 0 fully saturated rings. The summed E-state index contributed by atoms with van der Waals surface area (Å²) < 4.78 is 5.59. The summed E-state index contributed by atoms with van der Waals surface area (Å²) in [5.41, 5.74) is 2.15. The normalized spacial score (nSPS) is 12.1. The molecular formula is C17H17N3O2S. The van der Waals surface area contributed by atoms with E-state index in [0.29, 0.717) is 11.8 Å². The number of nitrogens with one attached hydrogen (secondary N) is 1. The highest BCUT2D eigenvalue weighted by Gasteiger charge is 2.16. The van der Waals surface area contributed by atoms with Gasteiger partial charge in [0.25, 0.3) is 5.89 Å². The summed E-state index contributed by atoms with van der Waals surface area (Å²) in [4.78, 5) is 13.1. The lowest BCUT2D eigenvalue weighted by Crippen LogP contribution is -2.28. The Morgan fingerprint density at radius 2 is 2.04 bits per heavy atom. The van der Waals surface area contributed by atoms with Gasteiger partial charge in [-0.2, -0.15) is 0 Å². The Morgan fingerprint density at radius 3 is 2.74 bits per heavy atom. The van der Waals surface area contributed by atoms with Gasteiger partial charge >= 0.3 is 0 Å². The van der Waals surface area contributed by atoms with Gasteiger partial charge in [-0.05, 0) is 36.4 Å². The molecule has 5 nitrogen and oxygen atoms in total. The molecule has 3 aromatic rings. The molecule has 0 aliphatic rings. The Morgan fingerprint density at radius 1 is 1.26 bits per heavy atom. The van der Waals surface area contributed by atoms with E-state index >= 15 is 0 Å². The van der Waals surface area contributed by atoms with Gasteiger partial charge in [-0.3, -0.25) is 4.79 Å². The summed E-state index contributed by atoms with van der Waals surface area (Å²) in [6.07, 6.45) is 0.0780. The molecule has 0 aliphatic carbocycles. The number of hydrogen-bond acceptors (Lipinski definition) is 5. The van der Waals surface area contributed by atoms with Gasteiger partial charge in [-0.25, -0.2) is 0 Å². The van der Waals surface area contributed by atoms with Crippen LogP contribution in [0.15, 0.2) is 46.2 Å². The molecule has 1 aromatic carbocycles. The van der Waals surface area contributed by atoms with Crippen LogP contribution < -0.4 is 5.32 Å². The Labute approximate surface area is 138 Å². The van der Waals surface area contributed by atoms with Gasteiger partial charge in [0.1, 0.15) is 6.42 Å². The molecule has 1 N–H and O–H groups in total. The second-order valence-electron chi connectivity index (χ2n) is 5.31. The summed E-state index contributed by atoms with van der Waals surface area (Å²) in [5.74, 6) is 0.654. The maximum atomic E-state index is 12.1. The van der Waals surface area contributed by atoms with Crippen LogP contribution in [0.5, 0.6) is 0 Å². The monoisotopic (exact) mass is 327 g/mol. The van der Waals surface area contributed by atoms with Gasteiger partial charge in [0.2, 0.25) is 11.8 Å². The fourth-order valence-electron chi connectivity index (χ4n) is 2.26. The fourth-order valence-corrected chi connectivity index (χ4v) is 3.11. The zero-order chi connectivity index (χ0) is 16.2. The van der Waals surface area contributed by atoms with Gasteiger partial charge in [0.05, 0.1) is 10.9 Å². The molecule has 6 heteroatoms. The van der Waals surface area contributed by atoms with E-state index in [1.165, 1.54) is 0 Å². The van der Waals surface area contributed by atoms with Crippen molar-refractivity contribution in [2.45, 2.75) is 26.3 Å². The van der Waals surface area contributed by atoms with E-state index < -0.39 is 0 Å². The smallest absolute Gasteiger partial charge is 0.258 e. The molecule has 0 spiro atoms. The van der Waals surface area contributed by atoms with Crippen LogP contribution in [0.3, 0.4) is 0 Å². The summed E-state index contributed by atoms with van der Waals surface area (Å²) in [6.45, 7) is 3.94. The molecule has 0 radical (unpaired) electrons. The molecule has 2 heterocycles. The van der Waals surface area contributed by atoms with Gasteiger partial charge in [0, 0.05) is 0 Å². The quantitative estimate of drug-likeness (QED) is 0.778. The van der Waals surface area contributed by atoms with Crippen molar-refractivity contribution in [3.8, 4) is 10.8 Å². The lowest BCUT2D eigenvalue weighted by atomic mass is 10.1. The van der Waals surface area contributed by atoms with E-state index in [4.69, 9.17) is 4.42 Å². The maximum absolute atomic E-state index is 12.1. The van der Waals surface area contributed by atoms with Crippen molar-refractivity contribution in [1.82, 2.24) is 15.5 Å². The molecule has 0 aliphatic heterocycles. The number of hydrogen-bond donors (Lipinski definition) is 1. The zero-order valence-corrected chi connectivity index (χ0v) is 13.8. The van der Waals surface area contributed by atoms with Crippen LogP contribution in [-0.2, 0) is 11.2 Å². The molecule has 1 atom stereocenters. The minimum Gasteiger partial charge on any atom is -0.419 e. The molecule has 118 valence electrons. The second-order valence-corrected chi connectivity index (χ2v) is 6.23. The lowest BCUT2D eigenvalue weighted by Gasteiger charge is -2.13. The van der Waals surface area contributed by atoms with E-state index in [-0.39, 0.29) is 18.4 Å². The molecule has 23 heavy (non-hydrogen) atoms. The average Bonchev–Trinajstić information content (AvgIpc) is 3.16. The van der Waals surface area contributed by atoms with Gasteiger partial charge in [-0.15, -0.1) is 21.5 Å². The van der Waals surface area contributed by atoms with Crippen LogP contribution in [0, 0.1) is 6.92 Å². The van der Waals surface area contributed by atoms with Crippen LogP contribution in [0.2, 0.25) is 0 Å². The van der Waals surface area contributed by atoms with E-state index in [1.807, 2.05) is 55.6 Å². The van der Waals surface area contributed by atoms with Crippen molar-refractivity contribution >= 4 is 17.2 Å². The van der Waals surface area contributed by atoms with Crippen molar-refractivity contribution in [2.24, 2.45) is 0 Å². The Balaban J connectivity index is 1.63. The van der Waals surface area contributed by atoms with Crippen molar-refractivity contribution < 1.29 is 9.21 Å². The predicted molar refractivity (Wildman–Crippen MR) is 89.1 cm³/mol. The van der Waals surface area contributed by atoms with Crippen molar-refractivity contribution in [3.05, 3.63) is 58.8 Å². The third kappa shape index (κ3) is 3.65. The molecule has 2 aromatic heterocycles. The summed E-state index contributed by atoms with van der Waals surface area (Å²) in [7, 11) is 0. The first-order valence-corrected chi connectivity index (χ1v) is 8.22. The minimum atomic E-state index is -0.139. The van der Waals surface area contributed by atoms with Crippen LogP contribution in [0.4, 0.5) is 0 Å². The number of thiophene rings is 1. The lowest BCUT2D eigenvalue weighted by molar-refractivity contribution is -0.121. The second kappa shape index (κ2) is 6.75. The average molecular weight is 327 g/mol. The highest BCUT2D eigenvalue weighted by Crippen LogP contribution is 2.27. The third-order valence-corrected chi connectivity index (χ3v) is 4.52. The first-order chi connectivity index (χ1) is 11.1. The largest absolute Gasteiger partial charge is 0.419 e. The number of aryl methyl sites for hydroxylation is 1. The highest BCUT2D eigenvalue weighted by atomic mass is 32.1. The first-order valence-electron chi connectivity index (χ1n) is 7.34. The molecule has 1 amide bonds. The summed E-state index contributed by atoms with van der Waals surface area (Å²) >= 11 is 1.55. The van der Waals surface area contributed by atoms with E-state index in [1.54, 1.807) is 11.3 Å². The summed E-state index contributed by atoms with van der Waals surface area (Å²) in [5, 5.41) is 12.9. The van der Waals surface area contributed by atoms with Crippen molar-refractivity contribution in [1.29, 1.82) is 0 Å². The van der Waals surface area contributed by atoms with Crippen molar-refractivity contribution in [3.63, 3.8) is 0 Å². The Hall–Kier alpha value is -2.47. The third-order valence-electron chi connectivity index (χ3n) is 3.51. The predicted octanol–water partition coefficient (Wildman–Crippen LogP) is 3.53. The van der Waals surface area contributed by atoms with E-state index in [2.05, 4.69) is 15.5 Å². The number of nitrogens with zero attached hydrogens (tertiary/aromatic N) is 2. The van der Waals surface area contributed by atoms with E-state index in [9.17, 15) is 4.79 Å². The standard InChI is InChI=1S/C17H17N3O2S/c1-11-8-9-23-16(11)17-20-19-15(22-17)10-14(21)18-12(2)13-6-4-3-5-7-13/h3-9,12H,10H2,1-2H3,(H,18,21)/t12-/m0/s1. The first kappa shape index (κ1) is 15.4. The van der Waals surface area contributed by atoms with E-state index in [0.717, 1.165) is 16.0 Å². The zero-order valence-electron chi connectivity index (χ0n) is 12.9. The maximum Gasteiger partial charge on any atom is 0.258 e. The molecule has 3 rings (SSSR count). The Bertz CT molecular complexity index is 795. The van der Waals surface area contributed by atoms with Gasteiger partial charge in [0.15, 0.2) is 0 Å². The van der Waals surface area contributed by atoms with Crippen LogP contribution in [-0.4, -0.2) is 16.1 Å². The number of amides is 1. The number of benzene rings is 1. The molecule has 0 bridgehead atoms. The number of carbonyl (C=O) groups is 1. The molecule has 0 saturated carbocycles. The SMILES string of the molecule is Cc1ccsc1-c1nnc(CC(=O)N[C@@H](C)c2ccccc2)o1. The van der Waals surface area contributed by atoms with Gasteiger partial charge in [-0.1, -0.05) is 30.3 Å². The topological polar surface area (TPSA) is 68.0 Å². The van der Waals surface area contributed by atoms with Crippen LogP contribution >= 0.6 is 11.3 Å². The van der Waals surface area contributed by atoms with Crippen LogP contribution in [0.25, 0.3) is 10.8 Å². The highest BCUT2D eigenvalue weighted by molar-refractivity contribution is 7.13. The Kier molecular flexibility index (Phi) is 4.52. The number of aromatic nitrogens is 2. The number of carbonyl (C=O) groups excluding carboxylic acids is 1. The van der Waals surface area contributed by atoms with Crippen LogP contribution in [0.1, 0.15) is 30.0 Å². The molecule has 0 unspecified atom stereocenters. The summed E-state index contributed by atoms with van der Waals surface area (Å²) in [6, 6.07) is 11.7. The molecule has 0 saturated heterocycles. The minimum absolute atomic E-state index is 0.0642. The fraction of sp³-hybridized carbons (Fsp3) is 0.235. The number of rotatable bonds is 5. The van der Waals surface area contributed by atoms with Crippen molar-refractivity contribution in [2.75, 3.05) is 0 Å². The van der Waals surface area contributed by atoms with Gasteiger partial charge < -0.3 is 9.73 Å².